The van der Waals surface area contributed by atoms with E-state index in [4.69, 9.17) is 9.47 Å². The van der Waals surface area contributed by atoms with Gasteiger partial charge in [-0.25, -0.2) is 14.2 Å². The van der Waals surface area contributed by atoms with Gasteiger partial charge in [-0.05, 0) is 42.5 Å². The molecule has 2 aromatic heterocycles. The lowest BCUT2D eigenvalue weighted by Crippen LogP contribution is -2.02. The zero-order valence-electron chi connectivity index (χ0n) is 13.7. The fraction of sp³-hybridized carbons (Fsp3) is 0.105. The van der Waals surface area contributed by atoms with Gasteiger partial charge in [-0.2, -0.15) is 0 Å². The fourth-order valence-corrected chi connectivity index (χ4v) is 2.67. The molecule has 0 aliphatic rings. The summed E-state index contributed by atoms with van der Waals surface area (Å²) in [5.74, 6) is -0.213. The number of hydrogen-bond acceptors (Lipinski definition) is 6. The Bertz CT molecular complexity index is 879. The van der Waals surface area contributed by atoms with Gasteiger partial charge in [0, 0.05) is 17.7 Å². The SMILES string of the molecule is O=C(C=Cc1ccccn1)OCc1csc(COc2ccc(F)cc2)n1. The maximum Gasteiger partial charge on any atom is 0.331 e. The maximum atomic E-state index is 12.8. The molecule has 3 aromatic rings. The molecule has 0 atom stereocenters. The molecule has 0 radical (unpaired) electrons. The lowest BCUT2D eigenvalue weighted by Gasteiger charge is -2.03. The number of benzene rings is 1. The van der Waals surface area contributed by atoms with Crippen molar-refractivity contribution in [3.63, 3.8) is 0 Å². The van der Waals surface area contributed by atoms with Crippen molar-refractivity contribution in [3.8, 4) is 5.75 Å². The quantitative estimate of drug-likeness (QED) is 0.464. The summed E-state index contributed by atoms with van der Waals surface area (Å²) in [6.45, 7) is 0.349. The number of pyridine rings is 1. The minimum Gasteiger partial charge on any atom is -0.486 e. The molecule has 0 saturated heterocycles. The van der Waals surface area contributed by atoms with Gasteiger partial charge in [0.15, 0.2) is 0 Å². The predicted molar refractivity (Wildman–Crippen MR) is 95.9 cm³/mol. The molecule has 0 aliphatic carbocycles. The smallest absolute Gasteiger partial charge is 0.331 e. The second-order valence-electron chi connectivity index (χ2n) is 5.17. The van der Waals surface area contributed by atoms with Crippen LogP contribution in [0.4, 0.5) is 4.39 Å². The minimum absolute atomic E-state index is 0.0818. The lowest BCUT2D eigenvalue weighted by atomic mass is 10.3. The Morgan fingerprint density at radius 2 is 2.00 bits per heavy atom. The standard InChI is InChI=1S/C19H15FN2O3S/c20-14-4-7-17(8-5-14)24-12-18-22-16(13-26-18)11-25-19(23)9-6-15-3-1-2-10-21-15/h1-10,13H,11-12H2. The summed E-state index contributed by atoms with van der Waals surface area (Å²) >= 11 is 1.40. The number of carbonyl (C=O) groups is 1. The van der Waals surface area contributed by atoms with Gasteiger partial charge in [0.1, 0.15) is 29.8 Å². The molecule has 7 heteroatoms. The normalized spacial score (nSPS) is 10.8. The Morgan fingerprint density at radius 3 is 2.77 bits per heavy atom. The van der Waals surface area contributed by atoms with E-state index in [9.17, 15) is 9.18 Å². The average Bonchev–Trinajstić information content (AvgIpc) is 3.13. The topological polar surface area (TPSA) is 61.3 Å². The van der Waals surface area contributed by atoms with Gasteiger partial charge in [0.05, 0.1) is 11.4 Å². The molecule has 0 aliphatic heterocycles. The van der Waals surface area contributed by atoms with Crippen LogP contribution in [-0.2, 0) is 22.7 Å². The summed E-state index contributed by atoms with van der Waals surface area (Å²) in [7, 11) is 0. The molecular formula is C19H15FN2O3S. The van der Waals surface area contributed by atoms with Crippen LogP contribution in [0.1, 0.15) is 16.4 Å². The average molecular weight is 370 g/mol. The lowest BCUT2D eigenvalue weighted by molar-refractivity contribution is -0.139. The highest BCUT2D eigenvalue weighted by Gasteiger charge is 2.06. The summed E-state index contributed by atoms with van der Waals surface area (Å²) in [6.07, 6.45) is 4.56. The summed E-state index contributed by atoms with van der Waals surface area (Å²) in [5.41, 5.74) is 1.32. The molecule has 0 N–H and O–H groups in total. The highest BCUT2D eigenvalue weighted by Crippen LogP contribution is 2.16. The Balaban J connectivity index is 1.45. The summed E-state index contributed by atoms with van der Waals surface area (Å²) in [5, 5.41) is 2.54. The molecule has 1 aromatic carbocycles. The van der Waals surface area contributed by atoms with Crippen LogP contribution in [0.15, 0.2) is 60.1 Å². The van der Waals surface area contributed by atoms with E-state index in [2.05, 4.69) is 9.97 Å². The van der Waals surface area contributed by atoms with E-state index in [1.807, 2.05) is 6.07 Å². The van der Waals surface area contributed by atoms with Gasteiger partial charge in [0.25, 0.3) is 0 Å². The zero-order chi connectivity index (χ0) is 18.2. The summed E-state index contributed by atoms with van der Waals surface area (Å²) in [4.78, 5) is 20.1. The molecule has 2 heterocycles. The van der Waals surface area contributed by atoms with Gasteiger partial charge in [-0.3, -0.25) is 4.98 Å². The number of halogens is 1. The third kappa shape index (κ3) is 5.49. The van der Waals surface area contributed by atoms with Crippen LogP contribution in [-0.4, -0.2) is 15.9 Å². The van der Waals surface area contributed by atoms with E-state index < -0.39 is 5.97 Å². The van der Waals surface area contributed by atoms with Crippen molar-refractivity contribution in [1.29, 1.82) is 0 Å². The largest absolute Gasteiger partial charge is 0.486 e. The first-order chi connectivity index (χ1) is 12.7. The molecule has 26 heavy (non-hydrogen) atoms. The first kappa shape index (κ1) is 17.8. The van der Waals surface area contributed by atoms with E-state index in [0.717, 1.165) is 5.01 Å². The highest BCUT2D eigenvalue weighted by molar-refractivity contribution is 7.09. The number of thiazole rings is 1. The van der Waals surface area contributed by atoms with Crippen LogP contribution in [0.5, 0.6) is 5.75 Å². The molecule has 0 saturated carbocycles. The predicted octanol–water partition coefficient (Wildman–Crippen LogP) is 4.01. The van der Waals surface area contributed by atoms with E-state index in [-0.39, 0.29) is 19.0 Å². The third-order valence-corrected chi connectivity index (χ3v) is 4.09. The highest BCUT2D eigenvalue weighted by atomic mass is 32.1. The van der Waals surface area contributed by atoms with Crippen molar-refractivity contribution in [2.24, 2.45) is 0 Å². The van der Waals surface area contributed by atoms with E-state index in [0.29, 0.717) is 17.1 Å². The number of rotatable bonds is 7. The van der Waals surface area contributed by atoms with Crippen LogP contribution in [0.25, 0.3) is 6.08 Å². The van der Waals surface area contributed by atoms with E-state index in [1.54, 1.807) is 41.9 Å². The Morgan fingerprint density at radius 1 is 1.15 bits per heavy atom. The van der Waals surface area contributed by atoms with Gasteiger partial charge in [0.2, 0.25) is 0 Å². The van der Waals surface area contributed by atoms with Crippen LogP contribution < -0.4 is 4.74 Å². The summed E-state index contributed by atoms with van der Waals surface area (Å²) in [6, 6.07) is 11.2. The van der Waals surface area contributed by atoms with E-state index in [1.165, 1.54) is 29.5 Å². The van der Waals surface area contributed by atoms with Crippen molar-refractivity contribution in [2.75, 3.05) is 0 Å². The van der Waals surface area contributed by atoms with Gasteiger partial charge in [-0.15, -0.1) is 11.3 Å². The molecule has 0 spiro atoms. The third-order valence-electron chi connectivity index (χ3n) is 3.22. The first-order valence-corrected chi connectivity index (χ1v) is 8.64. The van der Waals surface area contributed by atoms with Crippen LogP contribution in [0.3, 0.4) is 0 Å². The molecule has 0 bridgehead atoms. The Kier molecular flexibility index (Phi) is 6.05. The van der Waals surface area contributed by atoms with Crippen LogP contribution in [0, 0.1) is 5.82 Å². The number of carbonyl (C=O) groups excluding carboxylic acids is 1. The second-order valence-corrected chi connectivity index (χ2v) is 6.11. The number of aromatic nitrogens is 2. The molecule has 0 amide bonds. The van der Waals surface area contributed by atoms with Crippen LogP contribution >= 0.6 is 11.3 Å². The molecule has 132 valence electrons. The number of ether oxygens (including phenoxy) is 2. The molecular weight excluding hydrogens is 355 g/mol. The number of esters is 1. The Labute approximate surface area is 153 Å². The van der Waals surface area contributed by atoms with Gasteiger partial charge < -0.3 is 9.47 Å². The zero-order valence-corrected chi connectivity index (χ0v) is 14.5. The van der Waals surface area contributed by atoms with E-state index >= 15 is 0 Å². The fourth-order valence-electron chi connectivity index (χ4n) is 1.98. The van der Waals surface area contributed by atoms with Crippen molar-refractivity contribution in [1.82, 2.24) is 9.97 Å². The first-order valence-electron chi connectivity index (χ1n) is 7.76. The number of hydrogen-bond donors (Lipinski definition) is 0. The van der Waals surface area contributed by atoms with Crippen molar-refractivity contribution in [2.45, 2.75) is 13.2 Å². The molecule has 5 nitrogen and oxygen atoms in total. The molecule has 0 unspecified atom stereocenters. The van der Waals surface area contributed by atoms with Gasteiger partial charge >= 0.3 is 5.97 Å². The molecule has 3 rings (SSSR count). The monoisotopic (exact) mass is 370 g/mol. The second kappa shape index (κ2) is 8.87. The minimum atomic E-state index is -0.465. The maximum absolute atomic E-state index is 12.8. The molecule has 0 fully saturated rings. The Hall–Kier alpha value is -3.06. The van der Waals surface area contributed by atoms with Crippen molar-refractivity contribution in [3.05, 3.63) is 82.3 Å². The van der Waals surface area contributed by atoms with Crippen LogP contribution in [0.2, 0.25) is 0 Å². The summed E-state index contributed by atoms with van der Waals surface area (Å²) < 4.78 is 23.5. The number of nitrogens with zero attached hydrogens (tertiary/aromatic N) is 2. The van der Waals surface area contributed by atoms with Crippen molar-refractivity contribution < 1.29 is 18.7 Å². The van der Waals surface area contributed by atoms with Gasteiger partial charge in [-0.1, -0.05) is 6.07 Å². The van der Waals surface area contributed by atoms with Crippen molar-refractivity contribution >= 4 is 23.4 Å².